The molecule has 3 fully saturated rings. The molecule has 0 spiro atoms. The molecule has 0 aliphatic carbocycles. The molecule has 11 heavy (non-hydrogen) atoms. The fraction of sp³-hybridized carbons (Fsp3) is 0.875. The number of amides is 1. The molecule has 0 aromatic heterocycles. The molecule has 3 heterocycles. The van der Waals surface area contributed by atoms with Crippen molar-refractivity contribution in [2.24, 2.45) is 0 Å². The molecule has 0 radical (unpaired) electrons. The number of fused-ring (bicyclic) bond motifs is 3. The molecule has 3 heteroatoms. The topological polar surface area (TPSA) is 23.6 Å². The van der Waals surface area contributed by atoms with Crippen molar-refractivity contribution in [3.63, 3.8) is 0 Å². The van der Waals surface area contributed by atoms with E-state index in [9.17, 15) is 4.79 Å². The van der Waals surface area contributed by atoms with Gasteiger partial charge in [0.2, 0.25) is 6.41 Å². The van der Waals surface area contributed by atoms with Crippen molar-refractivity contribution < 1.29 is 4.79 Å². The average molecular weight is 154 g/mol. The van der Waals surface area contributed by atoms with E-state index < -0.39 is 0 Å². The summed E-state index contributed by atoms with van der Waals surface area (Å²) in [5, 5.41) is 0. The fourth-order valence-corrected chi connectivity index (χ4v) is 2.20. The highest BCUT2D eigenvalue weighted by Crippen LogP contribution is 2.25. The smallest absolute Gasteiger partial charge is 0.210 e. The number of carbonyl (C=O) groups excluding carboxylic acids is 1. The van der Waals surface area contributed by atoms with Gasteiger partial charge < -0.3 is 4.90 Å². The van der Waals surface area contributed by atoms with Gasteiger partial charge in [0.05, 0.1) is 0 Å². The Hall–Kier alpha value is -0.570. The normalized spacial score (nSPS) is 37.7. The van der Waals surface area contributed by atoms with Crippen LogP contribution in [0.15, 0.2) is 0 Å². The van der Waals surface area contributed by atoms with E-state index in [4.69, 9.17) is 0 Å². The van der Waals surface area contributed by atoms with Crippen LogP contribution in [0.4, 0.5) is 0 Å². The molecule has 3 aliphatic heterocycles. The minimum absolute atomic E-state index is 0.502. The zero-order valence-corrected chi connectivity index (χ0v) is 6.86. The summed E-state index contributed by atoms with van der Waals surface area (Å²) in [6.45, 7) is 2.02. The Morgan fingerprint density at radius 2 is 2.00 bits per heavy atom. The highest BCUT2D eigenvalue weighted by molar-refractivity contribution is 5.48. The number of nitrogens with zero attached hydrogens (tertiary/aromatic N) is 2. The van der Waals surface area contributed by atoms with Crippen molar-refractivity contribution >= 4 is 6.41 Å². The van der Waals surface area contributed by atoms with Crippen LogP contribution in [0, 0.1) is 0 Å². The number of piperidine rings is 2. The molecule has 0 saturated carbocycles. The second-order valence-electron chi connectivity index (χ2n) is 3.63. The number of carbonyl (C=O) groups is 1. The summed E-state index contributed by atoms with van der Waals surface area (Å²) in [5.41, 5.74) is 0. The van der Waals surface area contributed by atoms with Crippen molar-refractivity contribution in [2.45, 2.75) is 24.9 Å². The summed E-state index contributed by atoms with van der Waals surface area (Å²) >= 11 is 0. The third-order valence-electron chi connectivity index (χ3n) is 2.98. The van der Waals surface area contributed by atoms with Gasteiger partial charge >= 0.3 is 0 Å². The van der Waals surface area contributed by atoms with Gasteiger partial charge in [0.15, 0.2) is 0 Å². The van der Waals surface area contributed by atoms with Crippen LogP contribution in [-0.2, 0) is 4.79 Å². The minimum atomic E-state index is 0.502. The van der Waals surface area contributed by atoms with Crippen LogP contribution in [-0.4, -0.2) is 48.4 Å². The number of piperazine rings is 1. The van der Waals surface area contributed by atoms with E-state index >= 15 is 0 Å². The quantitative estimate of drug-likeness (QED) is 0.493. The molecular weight excluding hydrogens is 140 g/mol. The highest BCUT2D eigenvalue weighted by Gasteiger charge is 2.35. The molecule has 3 saturated heterocycles. The number of hydrogen-bond donors (Lipinski definition) is 0. The Morgan fingerprint density at radius 3 is 2.45 bits per heavy atom. The minimum Gasteiger partial charge on any atom is -0.339 e. The van der Waals surface area contributed by atoms with Crippen LogP contribution in [0.1, 0.15) is 12.8 Å². The van der Waals surface area contributed by atoms with Gasteiger partial charge in [0.1, 0.15) is 0 Å². The van der Waals surface area contributed by atoms with E-state index in [1.54, 1.807) is 0 Å². The van der Waals surface area contributed by atoms with Gasteiger partial charge in [0, 0.05) is 25.2 Å². The Kier molecular flexibility index (Phi) is 1.60. The van der Waals surface area contributed by atoms with Crippen molar-refractivity contribution in [3.05, 3.63) is 0 Å². The summed E-state index contributed by atoms with van der Waals surface area (Å²) in [7, 11) is 2.15. The summed E-state index contributed by atoms with van der Waals surface area (Å²) < 4.78 is 0. The first-order valence-corrected chi connectivity index (χ1v) is 4.22. The van der Waals surface area contributed by atoms with Crippen LogP contribution in [0.2, 0.25) is 0 Å². The van der Waals surface area contributed by atoms with E-state index in [0.29, 0.717) is 12.1 Å². The van der Waals surface area contributed by atoms with E-state index in [0.717, 1.165) is 19.5 Å². The zero-order valence-electron chi connectivity index (χ0n) is 6.86. The molecule has 2 unspecified atom stereocenters. The van der Waals surface area contributed by atoms with Crippen LogP contribution in [0.3, 0.4) is 0 Å². The maximum Gasteiger partial charge on any atom is 0.210 e. The second kappa shape index (κ2) is 2.48. The lowest BCUT2D eigenvalue weighted by molar-refractivity contribution is -0.127. The number of likely N-dealkylation sites (N-methyl/N-ethyl adjacent to an activating group) is 1. The summed E-state index contributed by atoms with van der Waals surface area (Å²) in [6, 6.07) is 1.13. The molecule has 3 rings (SSSR count). The van der Waals surface area contributed by atoms with Crippen LogP contribution in [0.25, 0.3) is 0 Å². The number of hydrogen-bond acceptors (Lipinski definition) is 2. The van der Waals surface area contributed by atoms with Gasteiger partial charge in [-0.05, 0) is 19.9 Å². The lowest BCUT2D eigenvalue weighted by Gasteiger charge is -2.48. The molecule has 3 aliphatic rings. The lowest BCUT2D eigenvalue weighted by atomic mass is 9.92. The average Bonchev–Trinajstić information content (AvgIpc) is 2.05. The van der Waals surface area contributed by atoms with Crippen molar-refractivity contribution in [3.8, 4) is 0 Å². The van der Waals surface area contributed by atoms with Crippen molar-refractivity contribution in [1.29, 1.82) is 0 Å². The maximum atomic E-state index is 10.6. The molecule has 2 atom stereocenters. The molecule has 1 amide bonds. The third kappa shape index (κ3) is 1.03. The van der Waals surface area contributed by atoms with Gasteiger partial charge in [0.25, 0.3) is 0 Å². The van der Waals surface area contributed by atoms with Crippen molar-refractivity contribution in [2.75, 3.05) is 20.1 Å². The monoisotopic (exact) mass is 154 g/mol. The first-order valence-electron chi connectivity index (χ1n) is 4.22. The summed E-state index contributed by atoms with van der Waals surface area (Å²) in [4.78, 5) is 14.9. The van der Waals surface area contributed by atoms with Crippen LogP contribution >= 0.6 is 0 Å². The molecule has 0 aromatic rings. The predicted molar refractivity (Wildman–Crippen MR) is 42.2 cm³/mol. The van der Waals surface area contributed by atoms with Crippen molar-refractivity contribution in [1.82, 2.24) is 9.80 Å². The largest absolute Gasteiger partial charge is 0.339 e. The lowest BCUT2D eigenvalue weighted by Crippen LogP contribution is -2.60. The van der Waals surface area contributed by atoms with Gasteiger partial charge in [-0.1, -0.05) is 0 Å². The molecule has 0 N–H and O–H groups in total. The third-order valence-corrected chi connectivity index (χ3v) is 2.98. The second-order valence-corrected chi connectivity index (χ2v) is 3.63. The summed E-state index contributed by atoms with van der Waals surface area (Å²) in [5.74, 6) is 0. The van der Waals surface area contributed by atoms with Gasteiger partial charge in [-0.3, -0.25) is 9.69 Å². The Balaban J connectivity index is 2.09. The van der Waals surface area contributed by atoms with E-state index in [-0.39, 0.29) is 0 Å². The van der Waals surface area contributed by atoms with E-state index in [2.05, 4.69) is 11.9 Å². The molecular formula is C8H14N2O. The molecule has 0 aromatic carbocycles. The Bertz CT molecular complexity index is 171. The van der Waals surface area contributed by atoms with E-state index in [1.165, 1.54) is 12.8 Å². The predicted octanol–water partition coefficient (Wildman–Crippen LogP) is -0.0788. The molecule has 2 bridgehead atoms. The number of rotatable bonds is 1. The first kappa shape index (κ1) is 7.10. The van der Waals surface area contributed by atoms with E-state index in [1.807, 2.05) is 4.90 Å². The SMILES string of the molecule is CN1CC2CCC1CN2C=O. The van der Waals surface area contributed by atoms with Crippen LogP contribution < -0.4 is 0 Å². The maximum absolute atomic E-state index is 10.6. The highest BCUT2D eigenvalue weighted by atomic mass is 16.1. The Labute approximate surface area is 67.0 Å². The first-order chi connectivity index (χ1) is 5.31. The van der Waals surface area contributed by atoms with Crippen LogP contribution in [0.5, 0.6) is 0 Å². The fourth-order valence-electron chi connectivity index (χ4n) is 2.20. The zero-order chi connectivity index (χ0) is 7.84. The molecule has 62 valence electrons. The van der Waals surface area contributed by atoms with Gasteiger partial charge in [-0.15, -0.1) is 0 Å². The Morgan fingerprint density at radius 1 is 1.27 bits per heavy atom. The van der Waals surface area contributed by atoms with Gasteiger partial charge in [-0.2, -0.15) is 0 Å². The standard InChI is InChI=1S/C8H14N2O/c1-9-4-8-3-2-7(9)5-10(8)6-11/h6-8H,2-5H2,1H3. The summed E-state index contributed by atoms with van der Waals surface area (Å²) in [6.07, 6.45) is 3.48. The van der Waals surface area contributed by atoms with Gasteiger partial charge in [-0.25, -0.2) is 0 Å². The molecule has 3 nitrogen and oxygen atoms in total.